The summed E-state index contributed by atoms with van der Waals surface area (Å²) in [6.45, 7) is 1.68. The Bertz CT molecular complexity index is 662. The number of rotatable bonds is 6. The van der Waals surface area contributed by atoms with E-state index in [0.717, 1.165) is 0 Å². The lowest BCUT2D eigenvalue weighted by Crippen LogP contribution is -2.33. The standard InChI is InChI=1S/C14H18FNO3S2/c1-3-21(17,18)12-11(9-5-4-6-10(15)7-9)14(12,8-19-2)13(16)20/h4-7,11-12H,3,8H2,1-2H3,(H2,16,20)/t11-,12+,14-/m0/s1. The third kappa shape index (κ3) is 2.58. The maximum atomic E-state index is 13.5. The summed E-state index contributed by atoms with van der Waals surface area (Å²) in [4.78, 5) is 0.0978. The van der Waals surface area contributed by atoms with E-state index in [-0.39, 0.29) is 17.3 Å². The lowest BCUT2D eigenvalue weighted by Gasteiger charge is -2.15. The monoisotopic (exact) mass is 331 g/mol. The Kier molecular flexibility index (Phi) is 4.37. The van der Waals surface area contributed by atoms with Crippen LogP contribution in [0.5, 0.6) is 0 Å². The first kappa shape index (κ1) is 16.3. The molecule has 0 radical (unpaired) electrons. The Balaban J connectivity index is 2.54. The van der Waals surface area contributed by atoms with Crippen molar-refractivity contribution in [3.8, 4) is 0 Å². The van der Waals surface area contributed by atoms with Gasteiger partial charge in [0.1, 0.15) is 5.82 Å². The largest absolute Gasteiger partial charge is 0.393 e. The van der Waals surface area contributed by atoms with Crippen LogP contribution in [0.4, 0.5) is 4.39 Å². The van der Waals surface area contributed by atoms with Gasteiger partial charge in [0.2, 0.25) is 0 Å². The molecule has 1 aliphatic carbocycles. The third-order valence-corrected chi connectivity index (χ3v) is 6.75. The molecule has 3 atom stereocenters. The smallest absolute Gasteiger partial charge is 0.154 e. The van der Waals surface area contributed by atoms with Crippen LogP contribution in [0, 0.1) is 11.2 Å². The molecular weight excluding hydrogens is 313 g/mol. The minimum atomic E-state index is -3.38. The Hall–Kier alpha value is -1.05. The van der Waals surface area contributed by atoms with Gasteiger partial charge in [0, 0.05) is 18.8 Å². The summed E-state index contributed by atoms with van der Waals surface area (Å²) < 4.78 is 43.3. The number of sulfone groups is 1. The molecular formula is C14H18FNO3S2. The summed E-state index contributed by atoms with van der Waals surface area (Å²) in [5, 5.41) is -0.755. The number of halogens is 1. The van der Waals surface area contributed by atoms with E-state index >= 15 is 0 Å². The van der Waals surface area contributed by atoms with Crippen molar-refractivity contribution >= 4 is 27.0 Å². The number of methoxy groups -OCH3 is 1. The van der Waals surface area contributed by atoms with Crippen LogP contribution in [0.2, 0.25) is 0 Å². The van der Waals surface area contributed by atoms with E-state index in [2.05, 4.69) is 0 Å². The normalized spacial score (nSPS) is 28.3. The lowest BCUT2D eigenvalue weighted by molar-refractivity contribution is 0.166. The first-order chi connectivity index (χ1) is 9.81. The van der Waals surface area contributed by atoms with Crippen LogP contribution in [0.25, 0.3) is 0 Å². The minimum Gasteiger partial charge on any atom is -0.393 e. The highest BCUT2D eigenvalue weighted by Crippen LogP contribution is 2.63. The van der Waals surface area contributed by atoms with Crippen LogP contribution >= 0.6 is 12.2 Å². The van der Waals surface area contributed by atoms with Gasteiger partial charge in [-0.25, -0.2) is 12.8 Å². The van der Waals surface area contributed by atoms with Gasteiger partial charge in [-0.3, -0.25) is 0 Å². The van der Waals surface area contributed by atoms with Gasteiger partial charge in [0.05, 0.1) is 22.3 Å². The van der Waals surface area contributed by atoms with Gasteiger partial charge in [-0.1, -0.05) is 31.3 Å². The second kappa shape index (κ2) is 5.62. The zero-order valence-corrected chi connectivity index (χ0v) is 13.5. The zero-order chi connectivity index (χ0) is 15.8. The quantitative estimate of drug-likeness (QED) is 0.803. The van der Waals surface area contributed by atoms with E-state index in [0.29, 0.717) is 5.56 Å². The van der Waals surface area contributed by atoms with Gasteiger partial charge < -0.3 is 10.5 Å². The molecule has 1 aliphatic rings. The molecule has 2 rings (SSSR count). The van der Waals surface area contributed by atoms with Crippen LogP contribution in [0.15, 0.2) is 24.3 Å². The van der Waals surface area contributed by atoms with Crippen molar-refractivity contribution in [3.63, 3.8) is 0 Å². The van der Waals surface area contributed by atoms with Gasteiger partial charge in [-0.15, -0.1) is 0 Å². The van der Waals surface area contributed by atoms with Gasteiger partial charge in [0.15, 0.2) is 9.84 Å². The molecule has 1 saturated carbocycles. The van der Waals surface area contributed by atoms with Crippen molar-refractivity contribution < 1.29 is 17.5 Å². The molecule has 0 spiro atoms. The molecule has 1 aromatic rings. The van der Waals surface area contributed by atoms with E-state index < -0.39 is 32.2 Å². The number of thiocarbonyl (C=S) groups is 1. The van der Waals surface area contributed by atoms with Crippen LogP contribution in [0.3, 0.4) is 0 Å². The van der Waals surface area contributed by atoms with E-state index in [9.17, 15) is 12.8 Å². The van der Waals surface area contributed by atoms with Gasteiger partial charge in [-0.05, 0) is 17.7 Å². The number of nitrogens with two attached hydrogens (primary N) is 1. The minimum absolute atomic E-state index is 0.0163. The van der Waals surface area contributed by atoms with Crippen LogP contribution in [-0.4, -0.2) is 38.1 Å². The number of hydrogen-bond donors (Lipinski definition) is 1. The van der Waals surface area contributed by atoms with Crippen molar-refractivity contribution in [2.24, 2.45) is 11.1 Å². The first-order valence-electron chi connectivity index (χ1n) is 6.57. The van der Waals surface area contributed by atoms with Crippen molar-refractivity contribution in [1.29, 1.82) is 0 Å². The molecule has 21 heavy (non-hydrogen) atoms. The SMILES string of the molecule is CCS(=O)(=O)[C@@H]1[C@H](c2cccc(F)c2)[C@]1(COC)C(N)=S. The predicted molar refractivity (Wildman–Crippen MR) is 83.5 cm³/mol. The molecule has 4 nitrogen and oxygen atoms in total. The Morgan fingerprint density at radius 3 is 2.67 bits per heavy atom. The van der Waals surface area contributed by atoms with Crippen molar-refractivity contribution in [1.82, 2.24) is 0 Å². The number of ether oxygens (including phenoxy) is 1. The molecule has 1 fully saturated rings. The average Bonchev–Trinajstić information content (AvgIpc) is 3.10. The molecule has 7 heteroatoms. The number of benzene rings is 1. The van der Waals surface area contributed by atoms with Crippen LogP contribution < -0.4 is 5.73 Å². The van der Waals surface area contributed by atoms with Crippen molar-refractivity contribution in [2.45, 2.75) is 18.1 Å². The van der Waals surface area contributed by atoms with E-state index in [4.69, 9.17) is 22.7 Å². The fraction of sp³-hybridized carbons (Fsp3) is 0.500. The molecule has 0 heterocycles. The molecule has 0 aliphatic heterocycles. The Labute approximate surface area is 129 Å². The van der Waals surface area contributed by atoms with Crippen LogP contribution in [0.1, 0.15) is 18.4 Å². The van der Waals surface area contributed by atoms with Gasteiger partial charge in [0.25, 0.3) is 0 Å². The molecule has 2 N–H and O–H groups in total. The highest BCUT2D eigenvalue weighted by atomic mass is 32.2. The maximum absolute atomic E-state index is 13.5. The fourth-order valence-electron chi connectivity index (χ4n) is 3.06. The van der Waals surface area contributed by atoms with Gasteiger partial charge >= 0.3 is 0 Å². The number of hydrogen-bond acceptors (Lipinski definition) is 4. The van der Waals surface area contributed by atoms with Gasteiger partial charge in [-0.2, -0.15) is 0 Å². The van der Waals surface area contributed by atoms with E-state index in [1.165, 1.54) is 19.2 Å². The van der Waals surface area contributed by atoms with E-state index in [1.54, 1.807) is 19.1 Å². The van der Waals surface area contributed by atoms with Crippen molar-refractivity contribution in [3.05, 3.63) is 35.6 Å². The van der Waals surface area contributed by atoms with E-state index in [1.807, 2.05) is 0 Å². The molecule has 0 unspecified atom stereocenters. The molecule has 116 valence electrons. The second-order valence-corrected chi connectivity index (χ2v) is 8.09. The average molecular weight is 331 g/mol. The summed E-state index contributed by atoms with van der Waals surface area (Å²) in [6.07, 6.45) is 0. The topological polar surface area (TPSA) is 69.4 Å². The highest BCUT2D eigenvalue weighted by molar-refractivity contribution is 7.92. The fourth-order valence-corrected chi connectivity index (χ4v) is 5.52. The van der Waals surface area contributed by atoms with Crippen molar-refractivity contribution in [2.75, 3.05) is 19.5 Å². The van der Waals surface area contributed by atoms with Crippen LogP contribution in [-0.2, 0) is 14.6 Å². The lowest BCUT2D eigenvalue weighted by atomic mass is 10.00. The Morgan fingerprint density at radius 1 is 1.52 bits per heavy atom. The molecule has 1 aromatic carbocycles. The third-order valence-electron chi connectivity index (χ3n) is 4.10. The molecule has 0 amide bonds. The first-order valence-corrected chi connectivity index (χ1v) is 8.69. The summed E-state index contributed by atoms with van der Waals surface area (Å²) >= 11 is 5.10. The highest BCUT2D eigenvalue weighted by Gasteiger charge is 2.72. The predicted octanol–water partition coefficient (Wildman–Crippen LogP) is 1.65. The maximum Gasteiger partial charge on any atom is 0.154 e. The molecule has 0 bridgehead atoms. The molecule has 0 saturated heterocycles. The summed E-state index contributed by atoms with van der Waals surface area (Å²) in [7, 11) is -1.91. The zero-order valence-electron chi connectivity index (χ0n) is 11.9. The Morgan fingerprint density at radius 2 is 2.19 bits per heavy atom. The summed E-state index contributed by atoms with van der Waals surface area (Å²) in [5.74, 6) is -0.894. The summed E-state index contributed by atoms with van der Waals surface area (Å²) in [6, 6.07) is 5.89. The molecule has 0 aromatic heterocycles. The summed E-state index contributed by atoms with van der Waals surface area (Å²) in [5.41, 5.74) is 5.45. The second-order valence-electron chi connectivity index (χ2n) is 5.24.